The molecule has 3 rings (SSSR count). The summed E-state index contributed by atoms with van der Waals surface area (Å²) < 4.78 is 0.412. The van der Waals surface area contributed by atoms with Gasteiger partial charge in [-0.05, 0) is 37.1 Å². The van der Waals surface area contributed by atoms with Gasteiger partial charge < -0.3 is 0 Å². The average Bonchev–Trinajstić information content (AvgIpc) is 2.99. The number of carbonyl (C=O) groups excluding carboxylic acids is 3. The third-order valence-corrected chi connectivity index (χ3v) is 5.89. The highest BCUT2D eigenvalue weighted by atomic mass is 32.2. The molecule has 2 N–H and O–H groups in total. The molecule has 0 saturated carbocycles. The number of carbonyl (C=O) groups is 3. The Morgan fingerprint density at radius 3 is 2.47 bits per heavy atom. The number of rotatable bonds is 5. The van der Waals surface area contributed by atoms with Gasteiger partial charge in [-0.3, -0.25) is 30.1 Å². The molecule has 3 amide bonds. The van der Waals surface area contributed by atoms with Gasteiger partial charge in [0.2, 0.25) is 5.91 Å². The number of thioether (sulfide) groups is 1. The van der Waals surface area contributed by atoms with E-state index in [1.807, 2.05) is 50.2 Å². The lowest BCUT2D eigenvalue weighted by Gasteiger charge is -2.14. The highest BCUT2D eigenvalue weighted by molar-refractivity contribution is 8.26. The molecular weight excluding hydrogens is 418 g/mol. The quantitative estimate of drug-likeness (QED) is 0.424. The van der Waals surface area contributed by atoms with Crippen LogP contribution in [0.25, 0.3) is 6.08 Å². The normalized spacial score (nSPS) is 14.9. The van der Waals surface area contributed by atoms with Crippen LogP contribution in [-0.4, -0.2) is 33.5 Å². The smallest absolute Gasteiger partial charge is 0.269 e. The maximum absolute atomic E-state index is 12.6. The van der Waals surface area contributed by atoms with Gasteiger partial charge in [0.1, 0.15) is 4.32 Å². The first-order chi connectivity index (χ1) is 14.3. The highest BCUT2D eigenvalue weighted by Crippen LogP contribution is 2.32. The Labute approximate surface area is 184 Å². The van der Waals surface area contributed by atoms with Crippen LogP contribution in [0.5, 0.6) is 0 Å². The van der Waals surface area contributed by atoms with Gasteiger partial charge in [-0.2, -0.15) is 0 Å². The van der Waals surface area contributed by atoms with Crippen molar-refractivity contribution in [2.75, 3.05) is 6.54 Å². The van der Waals surface area contributed by atoms with Gasteiger partial charge in [0.25, 0.3) is 11.8 Å². The number of nitrogens with zero attached hydrogens (tertiary/aromatic N) is 1. The Morgan fingerprint density at radius 2 is 1.77 bits per heavy atom. The molecule has 1 heterocycles. The molecule has 2 aromatic rings. The third-order valence-electron chi connectivity index (χ3n) is 4.52. The van der Waals surface area contributed by atoms with Crippen LogP contribution in [0, 0.1) is 13.8 Å². The third kappa shape index (κ3) is 5.34. The molecule has 8 heteroatoms. The van der Waals surface area contributed by atoms with Gasteiger partial charge in [0.15, 0.2) is 0 Å². The second-order valence-electron chi connectivity index (χ2n) is 6.81. The number of hydrogen-bond acceptors (Lipinski definition) is 5. The summed E-state index contributed by atoms with van der Waals surface area (Å²) in [6.45, 7) is 3.95. The lowest BCUT2D eigenvalue weighted by molar-refractivity contribution is -0.124. The molecule has 1 saturated heterocycles. The fourth-order valence-corrected chi connectivity index (χ4v) is 4.11. The topological polar surface area (TPSA) is 78.5 Å². The van der Waals surface area contributed by atoms with E-state index in [1.165, 1.54) is 16.7 Å². The van der Waals surface area contributed by atoms with Crippen molar-refractivity contribution in [3.8, 4) is 0 Å². The molecule has 0 aromatic heterocycles. The van der Waals surface area contributed by atoms with E-state index in [4.69, 9.17) is 12.2 Å². The number of hydrazine groups is 1. The van der Waals surface area contributed by atoms with E-state index >= 15 is 0 Å². The maximum Gasteiger partial charge on any atom is 0.269 e. The number of aryl methyl sites for hydroxylation is 2. The molecule has 6 nitrogen and oxygen atoms in total. The van der Waals surface area contributed by atoms with E-state index < -0.39 is 11.8 Å². The molecule has 1 fully saturated rings. The predicted molar refractivity (Wildman–Crippen MR) is 122 cm³/mol. The molecule has 2 aromatic carbocycles. The zero-order valence-corrected chi connectivity index (χ0v) is 18.2. The summed E-state index contributed by atoms with van der Waals surface area (Å²) in [7, 11) is 0. The Hall–Kier alpha value is -2.97. The van der Waals surface area contributed by atoms with Crippen molar-refractivity contribution in [3.63, 3.8) is 0 Å². The summed E-state index contributed by atoms with van der Waals surface area (Å²) in [6, 6.07) is 14.9. The molecule has 0 aliphatic carbocycles. The maximum atomic E-state index is 12.6. The van der Waals surface area contributed by atoms with Crippen molar-refractivity contribution in [2.24, 2.45) is 0 Å². The van der Waals surface area contributed by atoms with Gasteiger partial charge in [-0.25, -0.2) is 0 Å². The average molecular weight is 440 g/mol. The fourth-order valence-electron chi connectivity index (χ4n) is 2.80. The van der Waals surface area contributed by atoms with Gasteiger partial charge in [-0.15, -0.1) is 0 Å². The van der Waals surface area contributed by atoms with Crippen molar-refractivity contribution in [3.05, 3.63) is 75.7 Å². The standard InChI is InChI=1S/C22H21N3O3S2/c1-14-7-9-16(10-8-14)13-18-21(28)25(22(29)30-18)12-11-19(26)23-24-20(27)17-6-4-3-5-15(17)2/h3-10,13H,11-12H2,1-2H3,(H,23,26)(H,24,27)/b18-13-. The Kier molecular flexibility index (Phi) is 7.02. The first-order valence-corrected chi connectivity index (χ1v) is 10.5. The lowest BCUT2D eigenvalue weighted by Crippen LogP contribution is -2.43. The number of amides is 3. The fraction of sp³-hybridized carbons (Fsp3) is 0.182. The number of nitrogens with one attached hydrogen (secondary N) is 2. The molecule has 0 spiro atoms. The van der Waals surface area contributed by atoms with Crippen LogP contribution in [-0.2, 0) is 9.59 Å². The summed E-state index contributed by atoms with van der Waals surface area (Å²) in [5.74, 6) is -1.02. The van der Waals surface area contributed by atoms with Crippen LogP contribution < -0.4 is 10.9 Å². The largest absolute Gasteiger partial charge is 0.292 e. The summed E-state index contributed by atoms with van der Waals surface area (Å²) in [5, 5.41) is 0. The van der Waals surface area contributed by atoms with E-state index in [0.717, 1.165) is 16.7 Å². The van der Waals surface area contributed by atoms with Crippen molar-refractivity contribution in [2.45, 2.75) is 20.3 Å². The van der Waals surface area contributed by atoms with Crippen LogP contribution >= 0.6 is 24.0 Å². The number of hydrogen-bond donors (Lipinski definition) is 2. The minimum absolute atomic E-state index is 0.0122. The molecule has 0 bridgehead atoms. The van der Waals surface area contributed by atoms with Gasteiger partial charge >= 0.3 is 0 Å². The van der Waals surface area contributed by atoms with Crippen molar-refractivity contribution in [1.29, 1.82) is 0 Å². The SMILES string of the molecule is Cc1ccc(/C=C2\SC(=S)N(CCC(=O)NNC(=O)c3ccccc3C)C2=O)cc1. The van der Waals surface area contributed by atoms with Crippen LogP contribution in [0.15, 0.2) is 53.4 Å². The van der Waals surface area contributed by atoms with E-state index in [-0.39, 0.29) is 18.9 Å². The monoisotopic (exact) mass is 439 g/mol. The summed E-state index contributed by atoms with van der Waals surface area (Å²) in [5.41, 5.74) is 8.11. The van der Waals surface area contributed by atoms with Crippen LogP contribution in [0.2, 0.25) is 0 Å². The Morgan fingerprint density at radius 1 is 1.07 bits per heavy atom. The van der Waals surface area contributed by atoms with E-state index in [1.54, 1.807) is 18.2 Å². The van der Waals surface area contributed by atoms with Crippen LogP contribution in [0.1, 0.15) is 33.5 Å². The van der Waals surface area contributed by atoms with Crippen LogP contribution in [0.3, 0.4) is 0 Å². The second-order valence-corrected chi connectivity index (χ2v) is 8.49. The Balaban J connectivity index is 1.52. The van der Waals surface area contributed by atoms with E-state index in [2.05, 4.69) is 10.9 Å². The zero-order chi connectivity index (χ0) is 21.7. The minimum Gasteiger partial charge on any atom is -0.292 e. The number of thiocarbonyl (C=S) groups is 1. The Bertz CT molecular complexity index is 1030. The number of benzene rings is 2. The van der Waals surface area contributed by atoms with Gasteiger partial charge in [-0.1, -0.05) is 72.0 Å². The molecule has 0 unspecified atom stereocenters. The van der Waals surface area contributed by atoms with Crippen molar-refractivity contribution in [1.82, 2.24) is 15.8 Å². The van der Waals surface area contributed by atoms with Crippen molar-refractivity contribution >= 4 is 52.1 Å². The van der Waals surface area contributed by atoms with Crippen LogP contribution in [0.4, 0.5) is 0 Å². The molecule has 30 heavy (non-hydrogen) atoms. The first-order valence-electron chi connectivity index (χ1n) is 9.32. The molecule has 0 atom stereocenters. The molecule has 154 valence electrons. The predicted octanol–water partition coefficient (Wildman–Crippen LogP) is 3.36. The minimum atomic E-state index is -0.409. The molecule has 1 aliphatic heterocycles. The zero-order valence-electron chi connectivity index (χ0n) is 16.6. The van der Waals surface area contributed by atoms with Crippen molar-refractivity contribution < 1.29 is 14.4 Å². The van der Waals surface area contributed by atoms with E-state index in [0.29, 0.717) is 14.8 Å². The van der Waals surface area contributed by atoms with Gasteiger partial charge in [0.05, 0.1) is 4.91 Å². The second kappa shape index (κ2) is 9.69. The van der Waals surface area contributed by atoms with E-state index in [9.17, 15) is 14.4 Å². The highest BCUT2D eigenvalue weighted by Gasteiger charge is 2.32. The summed E-state index contributed by atoms with van der Waals surface area (Å²) in [4.78, 5) is 38.8. The molecular formula is C22H21N3O3S2. The summed E-state index contributed by atoms with van der Waals surface area (Å²) >= 11 is 6.51. The summed E-state index contributed by atoms with van der Waals surface area (Å²) in [6.07, 6.45) is 1.81. The van der Waals surface area contributed by atoms with Gasteiger partial charge in [0, 0.05) is 18.5 Å². The first kappa shape index (κ1) is 21.7. The molecule has 1 aliphatic rings. The lowest BCUT2D eigenvalue weighted by atomic mass is 10.1. The molecule has 0 radical (unpaired) electrons.